The lowest BCUT2D eigenvalue weighted by molar-refractivity contribution is -0.137. The van der Waals surface area contributed by atoms with Gasteiger partial charge >= 0.3 is 0 Å². The molecule has 34 heavy (non-hydrogen) atoms. The number of carbonyl (C=O) groups is 2. The van der Waals surface area contributed by atoms with Crippen LogP contribution in [0.15, 0.2) is 59.2 Å². The standard InChI is InChI=1S/C25H20BrCl2FN2O3/c1-14(15(2)32)13-34-25(16-3-5-18(27)6-4-16)23-21(9-17(26)10-22(23)29)24(33)31(25)12-20-8-7-19(28)11-30-20/h3-11,14H,12-13H2,1-2H3/t14-,25?/m0/s1. The molecule has 0 saturated heterocycles. The van der Waals surface area contributed by atoms with Gasteiger partial charge in [-0.2, -0.15) is 0 Å². The number of ketones is 1. The van der Waals surface area contributed by atoms with E-state index in [9.17, 15) is 9.59 Å². The van der Waals surface area contributed by atoms with Crippen LogP contribution in [0.5, 0.6) is 0 Å². The highest BCUT2D eigenvalue weighted by Gasteiger charge is 2.54. The Balaban J connectivity index is 1.95. The number of ether oxygens (including phenoxy) is 1. The van der Waals surface area contributed by atoms with Gasteiger partial charge < -0.3 is 4.74 Å². The molecule has 0 bridgehead atoms. The number of Topliss-reactive ketones (excluding diaryl/α,β-unsaturated/α-hetero) is 1. The quantitative estimate of drug-likeness (QED) is 0.333. The van der Waals surface area contributed by atoms with Crippen molar-refractivity contribution in [2.24, 2.45) is 5.92 Å². The number of hydrogen-bond donors (Lipinski definition) is 0. The Morgan fingerprint density at radius 3 is 2.47 bits per heavy atom. The van der Waals surface area contributed by atoms with Crippen molar-refractivity contribution in [3.8, 4) is 0 Å². The number of pyridine rings is 1. The van der Waals surface area contributed by atoms with Crippen molar-refractivity contribution >= 4 is 50.8 Å². The molecule has 1 amide bonds. The second-order valence-electron chi connectivity index (χ2n) is 8.14. The number of hydrogen-bond acceptors (Lipinski definition) is 4. The molecule has 0 N–H and O–H groups in total. The van der Waals surface area contributed by atoms with Crippen LogP contribution in [0.2, 0.25) is 10.0 Å². The fraction of sp³-hybridized carbons (Fsp3) is 0.240. The maximum absolute atomic E-state index is 15.6. The van der Waals surface area contributed by atoms with E-state index in [-0.39, 0.29) is 30.1 Å². The molecule has 0 saturated carbocycles. The van der Waals surface area contributed by atoms with Gasteiger partial charge in [-0.25, -0.2) is 4.39 Å². The van der Waals surface area contributed by atoms with Crippen molar-refractivity contribution in [1.82, 2.24) is 9.88 Å². The minimum absolute atomic E-state index is 0.0127. The van der Waals surface area contributed by atoms with Crippen LogP contribution in [-0.2, 0) is 21.8 Å². The minimum Gasteiger partial charge on any atom is -0.346 e. The lowest BCUT2D eigenvalue weighted by Gasteiger charge is -2.40. The topological polar surface area (TPSA) is 59.5 Å². The highest BCUT2D eigenvalue weighted by Crippen LogP contribution is 2.48. The van der Waals surface area contributed by atoms with E-state index in [1.165, 1.54) is 24.1 Å². The molecule has 9 heteroatoms. The van der Waals surface area contributed by atoms with Gasteiger partial charge in [0.2, 0.25) is 0 Å². The Labute approximate surface area is 215 Å². The van der Waals surface area contributed by atoms with Crippen LogP contribution in [0.3, 0.4) is 0 Å². The van der Waals surface area contributed by atoms with Gasteiger partial charge in [0.05, 0.1) is 35.0 Å². The van der Waals surface area contributed by atoms with Gasteiger partial charge in [-0.15, -0.1) is 0 Å². The van der Waals surface area contributed by atoms with Crippen molar-refractivity contribution in [3.63, 3.8) is 0 Å². The molecule has 176 valence electrons. The zero-order valence-electron chi connectivity index (χ0n) is 18.3. The number of aromatic nitrogens is 1. The van der Waals surface area contributed by atoms with E-state index in [0.717, 1.165) is 0 Å². The highest BCUT2D eigenvalue weighted by molar-refractivity contribution is 9.10. The highest BCUT2D eigenvalue weighted by atomic mass is 79.9. The second-order valence-corrected chi connectivity index (χ2v) is 9.93. The Hall–Kier alpha value is -2.32. The first-order valence-electron chi connectivity index (χ1n) is 10.5. The van der Waals surface area contributed by atoms with Gasteiger partial charge in [0.25, 0.3) is 5.91 Å². The van der Waals surface area contributed by atoms with Crippen LogP contribution in [0.25, 0.3) is 0 Å². The van der Waals surface area contributed by atoms with E-state index in [1.54, 1.807) is 49.4 Å². The Morgan fingerprint density at radius 1 is 1.18 bits per heavy atom. The number of nitrogens with zero attached hydrogens (tertiary/aromatic N) is 2. The summed E-state index contributed by atoms with van der Waals surface area (Å²) in [5.74, 6) is -1.61. The molecule has 2 aromatic carbocycles. The third kappa shape index (κ3) is 4.50. The lowest BCUT2D eigenvalue weighted by Crippen LogP contribution is -2.48. The van der Waals surface area contributed by atoms with Gasteiger partial charge in [-0.05, 0) is 43.3 Å². The van der Waals surface area contributed by atoms with Crippen molar-refractivity contribution in [2.75, 3.05) is 6.61 Å². The SMILES string of the molecule is CC(=O)[C@@H](C)COC1(c2ccc(Cl)cc2)c2c(F)cc(Br)cc2C(=O)N1Cc1ccc(Cl)cn1. The van der Waals surface area contributed by atoms with Gasteiger partial charge in [-0.3, -0.25) is 19.5 Å². The molecular weight excluding hydrogens is 546 g/mol. The molecule has 1 aromatic heterocycles. The predicted octanol–water partition coefficient (Wildman–Crippen LogP) is 6.39. The summed E-state index contributed by atoms with van der Waals surface area (Å²) in [6.45, 7) is 3.16. The minimum atomic E-state index is -1.65. The molecule has 0 spiro atoms. The maximum Gasteiger partial charge on any atom is 0.257 e. The molecule has 1 aliphatic heterocycles. The average Bonchev–Trinajstić information content (AvgIpc) is 3.02. The number of carbonyl (C=O) groups excluding carboxylic acids is 2. The van der Waals surface area contributed by atoms with Gasteiger partial charge in [-0.1, -0.05) is 58.2 Å². The summed E-state index contributed by atoms with van der Waals surface area (Å²) in [6.07, 6.45) is 1.48. The Morgan fingerprint density at radius 2 is 1.85 bits per heavy atom. The third-order valence-corrected chi connectivity index (χ3v) is 6.76. The summed E-state index contributed by atoms with van der Waals surface area (Å²) in [7, 11) is 0. The molecule has 0 radical (unpaired) electrons. The van der Waals surface area contributed by atoms with Crippen LogP contribution in [0.4, 0.5) is 4.39 Å². The number of amides is 1. The molecule has 2 heterocycles. The van der Waals surface area contributed by atoms with E-state index >= 15 is 4.39 Å². The van der Waals surface area contributed by atoms with E-state index < -0.39 is 23.4 Å². The molecule has 4 rings (SSSR count). The summed E-state index contributed by atoms with van der Waals surface area (Å²) in [6, 6.07) is 12.9. The molecule has 0 fully saturated rings. The van der Waals surface area contributed by atoms with Crippen LogP contribution in [-0.4, -0.2) is 28.2 Å². The van der Waals surface area contributed by atoms with Crippen molar-refractivity contribution in [2.45, 2.75) is 26.1 Å². The Bertz CT molecular complexity index is 1250. The van der Waals surface area contributed by atoms with Crippen LogP contribution in [0, 0.1) is 11.7 Å². The Kier molecular flexibility index (Phi) is 7.10. The fourth-order valence-corrected chi connectivity index (χ4v) is 4.60. The van der Waals surface area contributed by atoms with Crippen molar-refractivity contribution in [3.05, 3.63) is 97.4 Å². The number of halogens is 4. The van der Waals surface area contributed by atoms with E-state index in [2.05, 4.69) is 20.9 Å². The molecular formula is C25H20BrCl2FN2O3. The van der Waals surface area contributed by atoms with E-state index in [4.69, 9.17) is 27.9 Å². The predicted molar refractivity (Wildman–Crippen MR) is 131 cm³/mol. The molecule has 3 aromatic rings. The fourth-order valence-electron chi connectivity index (χ4n) is 3.93. The maximum atomic E-state index is 15.6. The molecule has 2 atom stereocenters. The molecule has 0 aliphatic carbocycles. The third-order valence-electron chi connectivity index (χ3n) is 5.83. The summed E-state index contributed by atoms with van der Waals surface area (Å²) in [4.78, 5) is 31.4. The normalized spacial score (nSPS) is 18.2. The summed E-state index contributed by atoms with van der Waals surface area (Å²) >= 11 is 15.4. The van der Waals surface area contributed by atoms with Gasteiger partial charge in [0.15, 0.2) is 5.72 Å². The number of rotatable bonds is 7. The number of fused-ring (bicyclic) bond motifs is 1. The largest absolute Gasteiger partial charge is 0.346 e. The summed E-state index contributed by atoms with van der Waals surface area (Å²) in [5.41, 5.74) is -0.382. The molecule has 1 unspecified atom stereocenters. The van der Waals surface area contributed by atoms with Gasteiger partial charge in [0.1, 0.15) is 11.6 Å². The van der Waals surface area contributed by atoms with Crippen LogP contribution in [0.1, 0.15) is 41.0 Å². The first kappa shape index (κ1) is 24.8. The number of benzene rings is 2. The average molecular weight is 566 g/mol. The first-order chi connectivity index (χ1) is 16.1. The zero-order valence-corrected chi connectivity index (χ0v) is 21.4. The van der Waals surface area contributed by atoms with Crippen LogP contribution >= 0.6 is 39.1 Å². The van der Waals surface area contributed by atoms with Crippen molar-refractivity contribution in [1.29, 1.82) is 0 Å². The van der Waals surface area contributed by atoms with Gasteiger partial charge in [0, 0.05) is 27.2 Å². The van der Waals surface area contributed by atoms with E-state index in [0.29, 0.717) is 25.8 Å². The molecule has 5 nitrogen and oxygen atoms in total. The molecule has 1 aliphatic rings. The summed E-state index contributed by atoms with van der Waals surface area (Å²) in [5, 5.41) is 0.924. The zero-order chi connectivity index (χ0) is 24.6. The van der Waals surface area contributed by atoms with Crippen LogP contribution < -0.4 is 0 Å². The smallest absolute Gasteiger partial charge is 0.257 e. The lowest BCUT2D eigenvalue weighted by atomic mass is 9.92. The first-order valence-corrected chi connectivity index (χ1v) is 12.0. The summed E-state index contributed by atoms with van der Waals surface area (Å²) < 4.78 is 22.4. The van der Waals surface area contributed by atoms with Crippen molar-refractivity contribution < 1.29 is 18.7 Å². The second kappa shape index (κ2) is 9.74. The van der Waals surface area contributed by atoms with E-state index in [1.807, 2.05) is 0 Å². The monoisotopic (exact) mass is 564 g/mol.